The molecular weight excluding hydrogens is 234 g/mol. The van der Waals surface area contributed by atoms with Crippen molar-refractivity contribution in [2.45, 2.75) is 44.6 Å². The van der Waals surface area contributed by atoms with Crippen LogP contribution in [-0.4, -0.2) is 45.7 Å². The van der Waals surface area contributed by atoms with E-state index in [1.807, 2.05) is 0 Å². The number of likely N-dealkylation sites (tertiary alicyclic amines) is 1. The highest BCUT2D eigenvalue weighted by Crippen LogP contribution is 2.33. The molecule has 1 heterocycles. The quantitative estimate of drug-likeness (QED) is 0.767. The lowest BCUT2D eigenvalue weighted by atomic mass is 9.78. The number of aliphatic carboxylic acids is 1. The highest BCUT2D eigenvalue weighted by Gasteiger charge is 2.41. The lowest BCUT2D eigenvalue weighted by molar-refractivity contribution is -0.152. The van der Waals surface area contributed by atoms with Crippen LogP contribution in [0, 0.1) is 11.8 Å². The van der Waals surface area contributed by atoms with Gasteiger partial charge in [0.2, 0.25) is 5.91 Å². The zero-order valence-electron chi connectivity index (χ0n) is 10.8. The van der Waals surface area contributed by atoms with Gasteiger partial charge in [-0.05, 0) is 26.2 Å². The van der Waals surface area contributed by atoms with Gasteiger partial charge in [-0.1, -0.05) is 12.8 Å². The van der Waals surface area contributed by atoms with Crippen LogP contribution in [0.15, 0.2) is 0 Å². The number of aliphatic hydroxyl groups is 1. The van der Waals surface area contributed by atoms with E-state index in [4.69, 9.17) is 0 Å². The van der Waals surface area contributed by atoms with Gasteiger partial charge in [0.15, 0.2) is 0 Å². The van der Waals surface area contributed by atoms with Gasteiger partial charge < -0.3 is 15.1 Å². The average molecular weight is 255 g/mol. The molecule has 0 radical (unpaired) electrons. The van der Waals surface area contributed by atoms with Crippen molar-refractivity contribution < 1.29 is 19.8 Å². The van der Waals surface area contributed by atoms with Crippen molar-refractivity contribution in [2.75, 3.05) is 13.1 Å². The minimum atomic E-state index is -0.862. The van der Waals surface area contributed by atoms with Crippen molar-refractivity contribution in [1.82, 2.24) is 4.90 Å². The standard InChI is InChI=1S/C13H21NO4/c1-13(18)6-7-14(8-13)11(15)9-4-2-3-5-10(9)12(16)17/h9-10,18H,2-8H2,1H3,(H,16,17). The van der Waals surface area contributed by atoms with Gasteiger partial charge in [0, 0.05) is 13.1 Å². The second-order valence-electron chi connectivity index (χ2n) is 5.84. The molecule has 2 N–H and O–H groups in total. The number of rotatable bonds is 2. The summed E-state index contributed by atoms with van der Waals surface area (Å²) in [6, 6.07) is 0. The molecule has 5 nitrogen and oxygen atoms in total. The van der Waals surface area contributed by atoms with Gasteiger partial charge in [0.25, 0.3) is 0 Å². The third-order valence-corrected chi connectivity index (χ3v) is 4.16. The number of amides is 1. The van der Waals surface area contributed by atoms with E-state index in [0.29, 0.717) is 32.4 Å². The third kappa shape index (κ3) is 2.66. The first kappa shape index (κ1) is 13.3. The summed E-state index contributed by atoms with van der Waals surface area (Å²) < 4.78 is 0. The van der Waals surface area contributed by atoms with Crippen molar-refractivity contribution >= 4 is 11.9 Å². The topological polar surface area (TPSA) is 77.8 Å². The van der Waals surface area contributed by atoms with Gasteiger partial charge in [-0.2, -0.15) is 0 Å². The monoisotopic (exact) mass is 255 g/mol. The van der Waals surface area contributed by atoms with E-state index in [0.717, 1.165) is 12.8 Å². The molecule has 0 aromatic carbocycles. The zero-order chi connectivity index (χ0) is 13.3. The van der Waals surface area contributed by atoms with Gasteiger partial charge >= 0.3 is 5.97 Å². The minimum Gasteiger partial charge on any atom is -0.481 e. The highest BCUT2D eigenvalue weighted by molar-refractivity contribution is 5.85. The van der Waals surface area contributed by atoms with Crippen LogP contribution >= 0.6 is 0 Å². The van der Waals surface area contributed by atoms with Crippen LogP contribution in [0.2, 0.25) is 0 Å². The van der Waals surface area contributed by atoms with E-state index in [9.17, 15) is 19.8 Å². The van der Waals surface area contributed by atoms with Gasteiger partial charge in [-0.15, -0.1) is 0 Å². The molecule has 2 fully saturated rings. The molecule has 18 heavy (non-hydrogen) atoms. The van der Waals surface area contributed by atoms with Crippen LogP contribution in [-0.2, 0) is 9.59 Å². The number of nitrogens with zero attached hydrogens (tertiary/aromatic N) is 1. The maximum absolute atomic E-state index is 12.4. The Bertz CT molecular complexity index is 353. The Kier molecular flexibility index (Phi) is 3.61. The molecule has 2 aliphatic rings. The number of carboxylic acid groups (broad SMARTS) is 1. The summed E-state index contributed by atoms with van der Waals surface area (Å²) in [5.41, 5.74) is -0.816. The number of β-amino-alcohol motifs (C(OH)–C–C–N with tert-alkyl or cyclic N) is 1. The van der Waals surface area contributed by atoms with Crippen molar-refractivity contribution in [3.8, 4) is 0 Å². The van der Waals surface area contributed by atoms with Crippen LogP contribution in [0.5, 0.6) is 0 Å². The first-order valence-corrected chi connectivity index (χ1v) is 6.65. The molecule has 3 unspecified atom stereocenters. The molecule has 0 aromatic rings. The number of carbonyl (C=O) groups excluding carboxylic acids is 1. The molecule has 0 spiro atoms. The van der Waals surface area contributed by atoms with E-state index in [-0.39, 0.29) is 5.91 Å². The minimum absolute atomic E-state index is 0.0834. The van der Waals surface area contributed by atoms with Crippen LogP contribution in [0.25, 0.3) is 0 Å². The summed E-state index contributed by atoms with van der Waals surface area (Å²) in [7, 11) is 0. The van der Waals surface area contributed by atoms with E-state index in [1.165, 1.54) is 0 Å². The Labute approximate surface area is 107 Å². The first-order valence-electron chi connectivity index (χ1n) is 6.65. The molecule has 1 amide bonds. The van der Waals surface area contributed by atoms with E-state index >= 15 is 0 Å². The zero-order valence-corrected chi connectivity index (χ0v) is 10.8. The number of carboxylic acids is 1. The molecule has 5 heteroatoms. The normalized spacial score (nSPS) is 36.7. The maximum Gasteiger partial charge on any atom is 0.307 e. The Morgan fingerprint density at radius 3 is 2.33 bits per heavy atom. The Morgan fingerprint density at radius 1 is 1.22 bits per heavy atom. The van der Waals surface area contributed by atoms with Gasteiger partial charge in [-0.3, -0.25) is 9.59 Å². The van der Waals surface area contributed by atoms with E-state index in [1.54, 1.807) is 11.8 Å². The summed E-state index contributed by atoms with van der Waals surface area (Å²) in [6.45, 7) is 2.58. The fraction of sp³-hybridized carbons (Fsp3) is 0.846. The number of carbonyl (C=O) groups is 2. The molecule has 1 saturated heterocycles. The molecule has 0 aromatic heterocycles. The van der Waals surface area contributed by atoms with E-state index in [2.05, 4.69) is 0 Å². The number of hydrogen-bond acceptors (Lipinski definition) is 3. The Balaban J connectivity index is 2.05. The van der Waals surface area contributed by atoms with Crippen LogP contribution in [0.1, 0.15) is 39.0 Å². The van der Waals surface area contributed by atoms with Crippen molar-refractivity contribution in [1.29, 1.82) is 0 Å². The molecule has 3 atom stereocenters. The van der Waals surface area contributed by atoms with Crippen molar-refractivity contribution in [3.05, 3.63) is 0 Å². The van der Waals surface area contributed by atoms with Crippen LogP contribution < -0.4 is 0 Å². The fourth-order valence-corrected chi connectivity index (χ4v) is 3.09. The van der Waals surface area contributed by atoms with Gasteiger partial charge in [-0.25, -0.2) is 0 Å². The van der Waals surface area contributed by atoms with E-state index < -0.39 is 23.4 Å². The largest absolute Gasteiger partial charge is 0.481 e. The van der Waals surface area contributed by atoms with Crippen LogP contribution in [0.4, 0.5) is 0 Å². The van der Waals surface area contributed by atoms with Crippen molar-refractivity contribution in [2.24, 2.45) is 11.8 Å². The SMILES string of the molecule is CC1(O)CCN(C(=O)C2CCCCC2C(=O)O)C1. The van der Waals surface area contributed by atoms with Gasteiger partial charge in [0.1, 0.15) is 0 Å². The van der Waals surface area contributed by atoms with Crippen LogP contribution in [0.3, 0.4) is 0 Å². The molecule has 0 bridgehead atoms. The smallest absolute Gasteiger partial charge is 0.307 e. The summed E-state index contributed by atoms with van der Waals surface area (Å²) in [6.07, 6.45) is 3.64. The summed E-state index contributed by atoms with van der Waals surface area (Å²) in [4.78, 5) is 25.2. The average Bonchev–Trinajstić information content (AvgIpc) is 2.68. The Morgan fingerprint density at radius 2 is 1.83 bits per heavy atom. The molecule has 102 valence electrons. The first-order chi connectivity index (χ1) is 8.41. The summed E-state index contributed by atoms with van der Waals surface area (Å²) in [5, 5.41) is 19.1. The Hall–Kier alpha value is -1.10. The summed E-state index contributed by atoms with van der Waals surface area (Å²) >= 11 is 0. The molecule has 1 aliphatic heterocycles. The fourth-order valence-electron chi connectivity index (χ4n) is 3.09. The molecular formula is C13H21NO4. The second kappa shape index (κ2) is 4.88. The third-order valence-electron chi connectivity index (χ3n) is 4.16. The predicted octanol–water partition coefficient (Wildman–Crippen LogP) is 0.861. The highest BCUT2D eigenvalue weighted by atomic mass is 16.4. The molecule has 1 aliphatic carbocycles. The predicted molar refractivity (Wildman–Crippen MR) is 64.9 cm³/mol. The van der Waals surface area contributed by atoms with Crippen molar-refractivity contribution in [3.63, 3.8) is 0 Å². The molecule has 1 saturated carbocycles. The molecule has 2 rings (SSSR count). The maximum atomic E-state index is 12.4. The summed E-state index contributed by atoms with van der Waals surface area (Å²) in [5.74, 6) is -1.89. The lowest BCUT2D eigenvalue weighted by Gasteiger charge is -2.31. The lowest BCUT2D eigenvalue weighted by Crippen LogP contribution is -2.43. The second-order valence-corrected chi connectivity index (χ2v) is 5.84. The van der Waals surface area contributed by atoms with Gasteiger partial charge in [0.05, 0.1) is 17.4 Å². The number of hydrogen-bond donors (Lipinski definition) is 2.